The fourth-order valence-electron chi connectivity index (χ4n) is 3.62. The van der Waals surface area contributed by atoms with Gasteiger partial charge < -0.3 is 0 Å². The minimum atomic E-state index is -0.648. The number of likely N-dealkylation sites (tertiary alicyclic amines) is 1. The molecule has 2 aromatic rings. The van der Waals surface area contributed by atoms with E-state index >= 15 is 0 Å². The van der Waals surface area contributed by atoms with E-state index in [1.807, 2.05) is 11.6 Å². The maximum Gasteiger partial charge on any atom is 0.170 e. The van der Waals surface area contributed by atoms with Crippen molar-refractivity contribution in [3.63, 3.8) is 0 Å². The van der Waals surface area contributed by atoms with E-state index in [1.165, 1.54) is 0 Å². The molecule has 0 amide bonds. The lowest BCUT2D eigenvalue weighted by Crippen LogP contribution is -2.38. The van der Waals surface area contributed by atoms with Crippen molar-refractivity contribution in [2.75, 3.05) is 13.1 Å². The van der Waals surface area contributed by atoms with E-state index in [-0.39, 0.29) is 17.3 Å². The minimum Gasteiger partial charge on any atom is -0.298 e. The third kappa shape index (κ3) is 4.18. The van der Waals surface area contributed by atoms with E-state index in [2.05, 4.69) is 23.1 Å². The summed E-state index contributed by atoms with van der Waals surface area (Å²) in [6.07, 6.45) is 4.67. The maximum absolute atomic E-state index is 13.9. The summed E-state index contributed by atoms with van der Waals surface area (Å²) in [5.41, 5.74) is 2.02. The van der Waals surface area contributed by atoms with Crippen LogP contribution in [0.25, 0.3) is 0 Å². The first-order valence-electron chi connectivity index (χ1n) is 9.22. The number of carbonyl (C=O) groups is 1. The number of halogens is 2. The Bertz CT molecular complexity index is 787. The molecule has 4 nitrogen and oxygen atoms in total. The lowest BCUT2D eigenvalue weighted by molar-refractivity contribution is 0.0806. The monoisotopic (exact) mass is 361 g/mol. The second kappa shape index (κ2) is 8.08. The molecule has 1 aromatic heterocycles. The zero-order valence-corrected chi connectivity index (χ0v) is 15.3. The molecule has 0 spiro atoms. The van der Waals surface area contributed by atoms with Crippen molar-refractivity contribution < 1.29 is 13.6 Å². The SMILES string of the molecule is CCCn1cc(CN2CCC[C@@H](C(=O)c3cc(F)ccc3F)C2)c(C)n1. The summed E-state index contributed by atoms with van der Waals surface area (Å²) in [6, 6.07) is 3.07. The summed E-state index contributed by atoms with van der Waals surface area (Å²) in [5.74, 6) is -1.83. The minimum absolute atomic E-state index is 0.135. The van der Waals surface area contributed by atoms with Gasteiger partial charge in [-0.2, -0.15) is 5.10 Å². The molecule has 0 radical (unpaired) electrons. The molecular formula is C20H25F2N3O. The van der Waals surface area contributed by atoms with Gasteiger partial charge in [0.15, 0.2) is 5.78 Å². The quantitative estimate of drug-likeness (QED) is 0.731. The van der Waals surface area contributed by atoms with E-state index in [4.69, 9.17) is 0 Å². The number of nitrogens with zero attached hydrogens (tertiary/aromatic N) is 3. The largest absolute Gasteiger partial charge is 0.298 e. The number of hydrogen-bond acceptors (Lipinski definition) is 3. The molecule has 1 aliphatic heterocycles. The molecule has 1 aliphatic rings. The van der Waals surface area contributed by atoms with Gasteiger partial charge in [0, 0.05) is 37.3 Å². The van der Waals surface area contributed by atoms with Crippen LogP contribution in [0.1, 0.15) is 47.8 Å². The summed E-state index contributed by atoms with van der Waals surface area (Å²) in [6.45, 7) is 7.19. The van der Waals surface area contributed by atoms with Crippen LogP contribution in [0.15, 0.2) is 24.4 Å². The number of hydrogen-bond donors (Lipinski definition) is 0. The molecule has 1 saturated heterocycles. The van der Waals surface area contributed by atoms with Crippen molar-refractivity contribution in [3.8, 4) is 0 Å². The lowest BCUT2D eigenvalue weighted by Gasteiger charge is -2.31. The summed E-state index contributed by atoms with van der Waals surface area (Å²) in [4.78, 5) is 14.9. The normalized spacial score (nSPS) is 18.2. The Kier molecular flexibility index (Phi) is 5.81. The predicted molar refractivity (Wildman–Crippen MR) is 95.9 cm³/mol. The van der Waals surface area contributed by atoms with Crippen molar-refractivity contribution in [2.45, 2.75) is 46.2 Å². The first-order chi connectivity index (χ1) is 12.5. The smallest absolute Gasteiger partial charge is 0.170 e. The Morgan fingerprint density at radius 3 is 2.92 bits per heavy atom. The number of carbonyl (C=O) groups excluding carboxylic acids is 1. The van der Waals surface area contributed by atoms with Crippen molar-refractivity contribution in [1.29, 1.82) is 0 Å². The Labute approximate surface area is 152 Å². The first kappa shape index (κ1) is 18.7. The fourth-order valence-corrected chi connectivity index (χ4v) is 3.62. The van der Waals surface area contributed by atoms with Crippen LogP contribution in [0.5, 0.6) is 0 Å². The highest BCUT2D eigenvalue weighted by Crippen LogP contribution is 2.24. The predicted octanol–water partition coefficient (Wildman–Crippen LogP) is 3.97. The van der Waals surface area contributed by atoms with Crippen LogP contribution in [0.3, 0.4) is 0 Å². The topological polar surface area (TPSA) is 38.1 Å². The molecule has 140 valence electrons. The number of Topliss-reactive ketones (excluding diaryl/α,β-unsaturated/α-hetero) is 1. The van der Waals surface area contributed by atoms with Crippen molar-refractivity contribution in [1.82, 2.24) is 14.7 Å². The average Bonchev–Trinajstić information content (AvgIpc) is 2.96. The third-order valence-corrected chi connectivity index (χ3v) is 4.96. The number of rotatable bonds is 6. The first-order valence-corrected chi connectivity index (χ1v) is 9.22. The van der Waals surface area contributed by atoms with Crippen LogP contribution < -0.4 is 0 Å². The second-order valence-electron chi connectivity index (χ2n) is 7.07. The van der Waals surface area contributed by atoms with Crippen molar-refractivity contribution in [2.24, 2.45) is 5.92 Å². The Hall–Kier alpha value is -2.08. The Morgan fingerprint density at radius 2 is 2.15 bits per heavy atom. The molecule has 6 heteroatoms. The summed E-state index contributed by atoms with van der Waals surface area (Å²) < 4.78 is 29.3. The average molecular weight is 361 g/mol. The zero-order chi connectivity index (χ0) is 18.7. The summed E-state index contributed by atoms with van der Waals surface area (Å²) >= 11 is 0. The standard InChI is InChI=1S/C20H25F2N3O/c1-3-8-25-13-16(14(2)23-25)12-24-9-4-5-15(11-24)20(26)18-10-17(21)6-7-19(18)22/h6-7,10,13,15H,3-5,8-9,11-12H2,1-2H3/t15-/m1/s1. The van der Waals surface area contributed by atoms with Crippen LogP contribution in [0.4, 0.5) is 8.78 Å². The van der Waals surface area contributed by atoms with Crippen LogP contribution >= 0.6 is 0 Å². The van der Waals surface area contributed by atoms with E-state index in [1.54, 1.807) is 0 Å². The van der Waals surface area contributed by atoms with Gasteiger partial charge in [0.1, 0.15) is 11.6 Å². The molecular weight excluding hydrogens is 336 g/mol. The number of aryl methyl sites for hydroxylation is 2. The summed E-state index contributed by atoms with van der Waals surface area (Å²) in [5, 5.41) is 4.52. The van der Waals surface area contributed by atoms with Gasteiger partial charge in [-0.1, -0.05) is 6.92 Å². The molecule has 0 unspecified atom stereocenters. The molecule has 3 rings (SSSR count). The molecule has 26 heavy (non-hydrogen) atoms. The van der Waals surface area contributed by atoms with E-state index in [9.17, 15) is 13.6 Å². The third-order valence-electron chi connectivity index (χ3n) is 4.96. The molecule has 0 saturated carbocycles. The van der Waals surface area contributed by atoms with Crippen molar-refractivity contribution in [3.05, 3.63) is 52.9 Å². The molecule has 0 N–H and O–H groups in total. The summed E-state index contributed by atoms with van der Waals surface area (Å²) in [7, 11) is 0. The van der Waals surface area contributed by atoms with Crippen LogP contribution in [0, 0.1) is 24.5 Å². The van der Waals surface area contributed by atoms with Gasteiger partial charge in [-0.15, -0.1) is 0 Å². The van der Waals surface area contributed by atoms with Gasteiger partial charge in [-0.3, -0.25) is 14.4 Å². The van der Waals surface area contributed by atoms with Gasteiger partial charge in [0.05, 0.1) is 11.3 Å². The molecule has 2 heterocycles. The molecule has 0 bridgehead atoms. The second-order valence-corrected chi connectivity index (χ2v) is 7.07. The van der Waals surface area contributed by atoms with E-state index in [0.717, 1.165) is 61.9 Å². The lowest BCUT2D eigenvalue weighted by atomic mass is 9.89. The number of ketones is 1. The van der Waals surface area contributed by atoms with Gasteiger partial charge in [0.25, 0.3) is 0 Å². The highest BCUT2D eigenvalue weighted by molar-refractivity contribution is 5.98. The van der Waals surface area contributed by atoms with Gasteiger partial charge in [-0.25, -0.2) is 8.78 Å². The van der Waals surface area contributed by atoms with Gasteiger partial charge in [0.2, 0.25) is 0 Å². The van der Waals surface area contributed by atoms with Crippen molar-refractivity contribution >= 4 is 5.78 Å². The molecule has 1 atom stereocenters. The highest BCUT2D eigenvalue weighted by atomic mass is 19.1. The van der Waals surface area contributed by atoms with Gasteiger partial charge in [-0.05, 0) is 50.9 Å². The number of aromatic nitrogens is 2. The van der Waals surface area contributed by atoms with Crippen LogP contribution in [0.2, 0.25) is 0 Å². The highest BCUT2D eigenvalue weighted by Gasteiger charge is 2.28. The molecule has 1 fully saturated rings. The van der Waals surface area contributed by atoms with Crippen LogP contribution in [-0.4, -0.2) is 33.6 Å². The van der Waals surface area contributed by atoms with Crippen LogP contribution in [-0.2, 0) is 13.1 Å². The molecule has 1 aromatic carbocycles. The van der Waals surface area contributed by atoms with Gasteiger partial charge >= 0.3 is 0 Å². The van der Waals surface area contributed by atoms with E-state index in [0.29, 0.717) is 13.0 Å². The van der Waals surface area contributed by atoms with E-state index < -0.39 is 11.6 Å². The fraction of sp³-hybridized carbons (Fsp3) is 0.500. The number of benzene rings is 1. The maximum atomic E-state index is 13.9. The zero-order valence-electron chi connectivity index (χ0n) is 15.3. The Morgan fingerprint density at radius 1 is 1.35 bits per heavy atom. The molecule has 0 aliphatic carbocycles. The Balaban J connectivity index is 1.69. The number of piperidine rings is 1.